The molecule has 0 saturated carbocycles. The van der Waals surface area contributed by atoms with Crippen LogP contribution in [0.5, 0.6) is 0 Å². The van der Waals surface area contributed by atoms with Gasteiger partial charge >= 0.3 is 0 Å². The van der Waals surface area contributed by atoms with Crippen molar-refractivity contribution in [2.45, 2.75) is 32.9 Å². The zero-order valence-electron chi connectivity index (χ0n) is 12.6. The Labute approximate surface area is 128 Å². The average Bonchev–Trinajstić information content (AvgIpc) is 3.03. The van der Waals surface area contributed by atoms with Crippen LogP contribution in [0.1, 0.15) is 15.6 Å². The van der Waals surface area contributed by atoms with Crippen LogP contribution in [0, 0.1) is 13.8 Å². The first kappa shape index (κ1) is 14.2. The van der Waals surface area contributed by atoms with E-state index in [0.717, 1.165) is 24.2 Å². The molecule has 21 heavy (non-hydrogen) atoms. The number of nitrogens with zero attached hydrogens (tertiary/aromatic N) is 3. The van der Waals surface area contributed by atoms with Gasteiger partial charge in [-0.05, 0) is 33.0 Å². The molecule has 0 aliphatic carbocycles. The van der Waals surface area contributed by atoms with E-state index in [2.05, 4.69) is 45.8 Å². The van der Waals surface area contributed by atoms with E-state index in [1.165, 1.54) is 15.4 Å². The highest BCUT2D eigenvalue weighted by Crippen LogP contribution is 2.19. The van der Waals surface area contributed by atoms with Gasteiger partial charge in [0, 0.05) is 23.9 Å². The minimum absolute atomic E-state index is 0.354. The minimum Gasteiger partial charge on any atom is -0.329 e. The number of benzene rings is 1. The van der Waals surface area contributed by atoms with Crippen LogP contribution >= 0.6 is 11.3 Å². The van der Waals surface area contributed by atoms with Gasteiger partial charge < -0.3 is 9.88 Å². The van der Waals surface area contributed by atoms with Crippen molar-refractivity contribution in [1.82, 2.24) is 19.9 Å². The highest BCUT2D eigenvalue weighted by Gasteiger charge is 2.13. The Morgan fingerprint density at radius 1 is 1.29 bits per heavy atom. The number of para-hydroxylation sites is 2. The number of aromatic nitrogens is 3. The van der Waals surface area contributed by atoms with Crippen LogP contribution < -0.4 is 5.32 Å². The number of hydrogen-bond acceptors (Lipinski definition) is 4. The molecule has 0 aliphatic rings. The molecule has 4 nitrogen and oxygen atoms in total. The number of aryl methyl sites for hydroxylation is 2. The highest BCUT2D eigenvalue weighted by molar-refractivity contribution is 7.11. The molecule has 0 saturated heterocycles. The maximum Gasteiger partial charge on any atom is 0.0958 e. The van der Waals surface area contributed by atoms with Gasteiger partial charge in [0.2, 0.25) is 0 Å². The molecular formula is C16H20N4S. The molecule has 0 amide bonds. The Morgan fingerprint density at radius 2 is 2.10 bits per heavy atom. The molecule has 0 radical (unpaired) electrons. The number of likely N-dealkylation sites (N-methyl/N-ethyl adjacent to an activating group) is 1. The van der Waals surface area contributed by atoms with Gasteiger partial charge in [-0.15, -0.1) is 11.3 Å². The van der Waals surface area contributed by atoms with Crippen LogP contribution in [0.2, 0.25) is 0 Å². The standard InChI is InChI=1S/C16H20N4S/c1-11-12(2)21-16(19-11)8-13(17-3)9-20-10-18-14-6-4-5-7-15(14)20/h4-7,10,13,17H,8-9H2,1-3H3. The van der Waals surface area contributed by atoms with Crippen LogP contribution in [0.3, 0.4) is 0 Å². The van der Waals surface area contributed by atoms with Crippen LogP contribution in [0.15, 0.2) is 30.6 Å². The lowest BCUT2D eigenvalue weighted by molar-refractivity contribution is 0.484. The molecule has 5 heteroatoms. The Kier molecular flexibility index (Phi) is 4.03. The van der Waals surface area contributed by atoms with E-state index in [9.17, 15) is 0 Å². The summed E-state index contributed by atoms with van der Waals surface area (Å²) in [4.78, 5) is 10.4. The second-order valence-electron chi connectivity index (χ2n) is 5.32. The van der Waals surface area contributed by atoms with Gasteiger partial charge in [0.25, 0.3) is 0 Å². The molecule has 1 aromatic carbocycles. The van der Waals surface area contributed by atoms with Crippen molar-refractivity contribution in [2.24, 2.45) is 0 Å². The highest BCUT2D eigenvalue weighted by atomic mass is 32.1. The molecule has 1 unspecified atom stereocenters. The van der Waals surface area contributed by atoms with Crippen molar-refractivity contribution < 1.29 is 0 Å². The first-order valence-electron chi connectivity index (χ1n) is 7.17. The van der Waals surface area contributed by atoms with Crippen LogP contribution in [0.4, 0.5) is 0 Å². The molecule has 2 aromatic heterocycles. The van der Waals surface area contributed by atoms with E-state index in [0.29, 0.717) is 6.04 Å². The fourth-order valence-corrected chi connectivity index (χ4v) is 3.50. The second-order valence-corrected chi connectivity index (χ2v) is 6.61. The Morgan fingerprint density at radius 3 is 2.81 bits per heavy atom. The summed E-state index contributed by atoms with van der Waals surface area (Å²) < 4.78 is 2.21. The number of nitrogens with one attached hydrogen (secondary N) is 1. The summed E-state index contributed by atoms with van der Waals surface area (Å²) in [5.41, 5.74) is 3.38. The topological polar surface area (TPSA) is 42.7 Å². The first-order valence-corrected chi connectivity index (χ1v) is 7.99. The lowest BCUT2D eigenvalue weighted by atomic mass is 10.2. The van der Waals surface area contributed by atoms with E-state index in [1.54, 1.807) is 11.3 Å². The van der Waals surface area contributed by atoms with Gasteiger partial charge in [-0.3, -0.25) is 0 Å². The van der Waals surface area contributed by atoms with Gasteiger partial charge in [-0.1, -0.05) is 12.1 Å². The van der Waals surface area contributed by atoms with Crippen molar-refractivity contribution in [3.63, 3.8) is 0 Å². The average molecular weight is 300 g/mol. The van der Waals surface area contributed by atoms with Crippen LogP contribution in [-0.2, 0) is 13.0 Å². The predicted octanol–water partition coefficient (Wildman–Crippen LogP) is 2.94. The van der Waals surface area contributed by atoms with E-state index >= 15 is 0 Å². The Balaban J connectivity index is 1.78. The van der Waals surface area contributed by atoms with E-state index < -0.39 is 0 Å². The van der Waals surface area contributed by atoms with E-state index in [-0.39, 0.29) is 0 Å². The van der Waals surface area contributed by atoms with E-state index in [1.807, 2.05) is 25.5 Å². The van der Waals surface area contributed by atoms with E-state index in [4.69, 9.17) is 0 Å². The largest absolute Gasteiger partial charge is 0.329 e. The lowest BCUT2D eigenvalue weighted by Gasteiger charge is -2.16. The third kappa shape index (κ3) is 2.99. The number of imidazole rings is 1. The fourth-order valence-electron chi connectivity index (χ4n) is 2.49. The molecule has 3 aromatic rings. The Bertz CT molecular complexity index is 724. The summed E-state index contributed by atoms with van der Waals surface area (Å²) in [5.74, 6) is 0. The Hall–Kier alpha value is -1.72. The summed E-state index contributed by atoms with van der Waals surface area (Å²) in [7, 11) is 2.01. The molecule has 110 valence electrons. The monoisotopic (exact) mass is 300 g/mol. The summed E-state index contributed by atoms with van der Waals surface area (Å²) >= 11 is 1.80. The van der Waals surface area contributed by atoms with Gasteiger partial charge in [-0.2, -0.15) is 0 Å². The molecule has 0 aliphatic heterocycles. The quantitative estimate of drug-likeness (QED) is 0.788. The van der Waals surface area contributed by atoms with Crippen molar-refractivity contribution in [2.75, 3.05) is 7.05 Å². The third-order valence-electron chi connectivity index (χ3n) is 3.85. The van der Waals surface area contributed by atoms with Crippen molar-refractivity contribution in [1.29, 1.82) is 0 Å². The van der Waals surface area contributed by atoms with Crippen molar-refractivity contribution in [3.05, 3.63) is 46.2 Å². The maximum absolute atomic E-state index is 4.64. The third-order valence-corrected chi connectivity index (χ3v) is 4.94. The predicted molar refractivity (Wildman–Crippen MR) is 87.9 cm³/mol. The molecule has 1 N–H and O–H groups in total. The van der Waals surface area contributed by atoms with Gasteiger partial charge in [-0.25, -0.2) is 9.97 Å². The molecule has 0 bridgehead atoms. The molecule has 0 fully saturated rings. The van der Waals surface area contributed by atoms with Gasteiger partial charge in [0.15, 0.2) is 0 Å². The van der Waals surface area contributed by atoms with Crippen molar-refractivity contribution in [3.8, 4) is 0 Å². The molecule has 1 atom stereocenters. The minimum atomic E-state index is 0.354. The lowest BCUT2D eigenvalue weighted by Crippen LogP contribution is -2.32. The van der Waals surface area contributed by atoms with Crippen molar-refractivity contribution >= 4 is 22.4 Å². The normalized spacial score (nSPS) is 12.9. The number of rotatable bonds is 5. The van der Waals surface area contributed by atoms with Crippen LogP contribution in [0.25, 0.3) is 11.0 Å². The van der Waals surface area contributed by atoms with Gasteiger partial charge in [0.1, 0.15) is 0 Å². The summed E-state index contributed by atoms with van der Waals surface area (Å²) in [6, 6.07) is 8.60. The summed E-state index contributed by atoms with van der Waals surface area (Å²) in [5, 5.41) is 4.60. The summed E-state index contributed by atoms with van der Waals surface area (Å²) in [6.07, 6.45) is 2.87. The number of thiazole rings is 1. The molecular weight excluding hydrogens is 280 g/mol. The van der Waals surface area contributed by atoms with Crippen LogP contribution in [-0.4, -0.2) is 27.6 Å². The fraction of sp³-hybridized carbons (Fsp3) is 0.375. The summed E-state index contributed by atoms with van der Waals surface area (Å²) in [6.45, 7) is 5.11. The molecule has 3 rings (SSSR count). The zero-order chi connectivity index (χ0) is 14.8. The first-order chi connectivity index (χ1) is 10.2. The maximum atomic E-state index is 4.64. The number of hydrogen-bond donors (Lipinski definition) is 1. The SMILES string of the molecule is CNC(Cc1nc(C)c(C)s1)Cn1cnc2ccccc21. The molecule has 0 spiro atoms. The smallest absolute Gasteiger partial charge is 0.0958 e. The zero-order valence-corrected chi connectivity index (χ0v) is 13.4. The van der Waals surface area contributed by atoms with Gasteiger partial charge in [0.05, 0.1) is 28.1 Å². The molecule has 2 heterocycles. The number of fused-ring (bicyclic) bond motifs is 1. The second kappa shape index (κ2) is 5.95.